The summed E-state index contributed by atoms with van der Waals surface area (Å²) in [5, 5.41) is 2.04. The van der Waals surface area contributed by atoms with Crippen molar-refractivity contribution >= 4 is 33.2 Å². The predicted octanol–water partition coefficient (Wildman–Crippen LogP) is 3.84. The Kier molecular flexibility index (Phi) is 3.79. The number of thiophene rings is 1. The van der Waals surface area contributed by atoms with Crippen LogP contribution in [0.4, 0.5) is 0 Å². The van der Waals surface area contributed by atoms with Crippen LogP contribution in [0.2, 0.25) is 0 Å². The summed E-state index contributed by atoms with van der Waals surface area (Å²) in [7, 11) is 0. The zero-order valence-corrected chi connectivity index (χ0v) is 14.6. The Morgan fingerprint density at radius 2 is 2.22 bits per heavy atom. The van der Waals surface area contributed by atoms with Gasteiger partial charge in [-0.1, -0.05) is 34.1 Å². The highest BCUT2D eigenvalue weighted by Crippen LogP contribution is 2.31. The van der Waals surface area contributed by atoms with Crippen molar-refractivity contribution in [2.24, 2.45) is 0 Å². The van der Waals surface area contributed by atoms with Crippen molar-refractivity contribution in [3.05, 3.63) is 74.9 Å². The molecule has 6 heteroatoms. The molecule has 23 heavy (non-hydrogen) atoms. The third-order valence-electron chi connectivity index (χ3n) is 4.01. The van der Waals surface area contributed by atoms with Gasteiger partial charge in [0.1, 0.15) is 6.04 Å². The largest absolute Gasteiger partial charge is 0.330 e. The number of amides is 1. The van der Waals surface area contributed by atoms with Crippen LogP contribution in [0.3, 0.4) is 0 Å². The van der Waals surface area contributed by atoms with Crippen molar-refractivity contribution < 1.29 is 4.79 Å². The smallest absolute Gasteiger partial charge is 0.251 e. The maximum atomic E-state index is 13.1. The lowest BCUT2D eigenvalue weighted by Crippen LogP contribution is -2.42. The summed E-state index contributed by atoms with van der Waals surface area (Å²) in [6.45, 7) is 1.24. The van der Waals surface area contributed by atoms with Crippen molar-refractivity contribution in [1.82, 2.24) is 14.5 Å². The van der Waals surface area contributed by atoms with Crippen LogP contribution >= 0.6 is 27.3 Å². The average molecular weight is 388 g/mol. The van der Waals surface area contributed by atoms with Crippen LogP contribution in [0.5, 0.6) is 0 Å². The Morgan fingerprint density at radius 1 is 1.30 bits per heavy atom. The third kappa shape index (κ3) is 2.72. The predicted molar refractivity (Wildman–Crippen MR) is 93.1 cm³/mol. The minimum absolute atomic E-state index is 0.113. The van der Waals surface area contributed by atoms with E-state index in [1.165, 1.54) is 4.88 Å². The molecule has 0 saturated carbocycles. The Hall–Kier alpha value is -1.92. The monoisotopic (exact) mass is 387 g/mol. The first kappa shape index (κ1) is 14.7. The molecule has 0 N–H and O–H groups in total. The van der Waals surface area contributed by atoms with Crippen LogP contribution in [-0.2, 0) is 17.9 Å². The second-order valence-corrected chi connectivity index (χ2v) is 7.47. The molecule has 0 aliphatic carbocycles. The molecule has 1 atom stereocenters. The molecule has 0 fully saturated rings. The fourth-order valence-corrected chi connectivity index (χ4v) is 4.09. The van der Waals surface area contributed by atoms with Gasteiger partial charge in [-0.05, 0) is 29.1 Å². The molecule has 1 unspecified atom stereocenters. The van der Waals surface area contributed by atoms with Gasteiger partial charge in [-0.25, -0.2) is 4.98 Å². The molecule has 1 aliphatic heterocycles. The van der Waals surface area contributed by atoms with E-state index in [0.717, 1.165) is 15.7 Å². The Balaban J connectivity index is 1.74. The molecule has 1 aromatic carbocycles. The number of hydrogen-bond donors (Lipinski definition) is 0. The van der Waals surface area contributed by atoms with Gasteiger partial charge in [0.15, 0.2) is 0 Å². The second-order valence-electron chi connectivity index (χ2n) is 5.52. The van der Waals surface area contributed by atoms with Crippen molar-refractivity contribution in [2.45, 2.75) is 19.1 Å². The minimum Gasteiger partial charge on any atom is -0.330 e. The summed E-state index contributed by atoms with van der Waals surface area (Å²) in [6, 6.07) is 11.7. The molecule has 4 nitrogen and oxygen atoms in total. The second kappa shape index (κ2) is 5.94. The van der Waals surface area contributed by atoms with Crippen LogP contribution in [0, 0.1) is 0 Å². The molecule has 0 saturated heterocycles. The molecule has 1 aliphatic rings. The molecular weight excluding hydrogens is 374 g/mol. The summed E-state index contributed by atoms with van der Waals surface area (Å²) >= 11 is 5.17. The van der Waals surface area contributed by atoms with Gasteiger partial charge < -0.3 is 9.47 Å². The standard InChI is InChI=1S/C17H14BrN3OS/c18-13-4-1-3-12(7-13)16-17(22)20(10-15-5-2-6-23-15)9-14-8-19-11-21(14)16/h1-8,11,16H,9-10H2. The van der Waals surface area contributed by atoms with Crippen molar-refractivity contribution in [3.8, 4) is 0 Å². The van der Waals surface area contributed by atoms with Crippen LogP contribution in [0.25, 0.3) is 0 Å². The van der Waals surface area contributed by atoms with E-state index in [0.29, 0.717) is 13.1 Å². The zero-order chi connectivity index (χ0) is 15.8. The molecule has 3 heterocycles. The number of imidazole rings is 1. The summed E-state index contributed by atoms with van der Waals surface area (Å²) in [4.78, 5) is 20.4. The first-order valence-corrected chi connectivity index (χ1v) is 8.97. The van der Waals surface area contributed by atoms with Gasteiger partial charge in [0, 0.05) is 15.5 Å². The van der Waals surface area contributed by atoms with Crippen LogP contribution in [-0.4, -0.2) is 20.4 Å². The molecule has 0 spiro atoms. The number of benzene rings is 1. The van der Waals surface area contributed by atoms with Crippen LogP contribution in [0.15, 0.2) is 58.8 Å². The highest BCUT2D eigenvalue weighted by Gasteiger charge is 2.34. The fraction of sp³-hybridized carbons (Fsp3) is 0.176. The van der Waals surface area contributed by atoms with Crippen LogP contribution in [0.1, 0.15) is 22.2 Å². The molecule has 3 aromatic rings. The lowest BCUT2D eigenvalue weighted by molar-refractivity contribution is -0.136. The molecule has 0 bridgehead atoms. The quantitative estimate of drug-likeness (QED) is 0.684. The van der Waals surface area contributed by atoms with Gasteiger partial charge in [0.25, 0.3) is 5.91 Å². The lowest BCUT2D eigenvalue weighted by atomic mass is 10.0. The molecule has 0 radical (unpaired) electrons. The lowest BCUT2D eigenvalue weighted by Gasteiger charge is -2.34. The van der Waals surface area contributed by atoms with Gasteiger partial charge in [-0.15, -0.1) is 11.3 Å². The molecule has 2 aromatic heterocycles. The third-order valence-corrected chi connectivity index (χ3v) is 5.37. The molecule has 1 amide bonds. The van der Waals surface area contributed by atoms with Gasteiger partial charge >= 0.3 is 0 Å². The normalized spacial score (nSPS) is 17.3. The highest BCUT2D eigenvalue weighted by molar-refractivity contribution is 9.10. The van der Waals surface area contributed by atoms with E-state index in [2.05, 4.69) is 27.0 Å². The van der Waals surface area contributed by atoms with Crippen molar-refractivity contribution in [1.29, 1.82) is 0 Å². The number of carbonyl (C=O) groups is 1. The topological polar surface area (TPSA) is 38.1 Å². The van der Waals surface area contributed by atoms with Crippen molar-refractivity contribution in [2.75, 3.05) is 0 Å². The number of rotatable bonds is 3. The SMILES string of the molecule is O=C1C(c2cccc(Br)c2)n2cncc2CN1Cc1cccs1. The van der Waals surface area contributed by atoms with E-state index < -0.39 is 0 Å². The number of aromatic nitrogens is 2. The van der Waals surface area contributed by atoms with Crippen LogP contribution < -0.4 is 0 Å². The minimum atomic E-state index is -0.348. The number of fused-ring (bicyclic) bond motifs is 1. The Labute approximate surface area is 146 Å². The summed E-state index contributed by atoms with van der Waals surface area (Å²) < 4.78 is 2.95. The molecular formula is C17H14BrN3OS. The van der Waals surface area contributed by atoms with E-state index in [1.54, 1.807) is 17.7 Å². The van der Waals surface area contributed by atoms with E-state index in [9.17, 15) is 4.79 Å². The number of hydrogen-bond acceptors (Lipinski definition) is 3. The summed E-state index contributed by atoms with van der Waals surface area (Å²) in [5.74, 6) is 0.113. The van der Waals surface area contributed by atoms with Gasteiger partial charge in [-0.2, -0.15) is 0 Å². The highest BCUT2D eigenvalue weighted by atomic mass is 79.9. The van der Waals surface area contributed by atoms with E-state index >= 15 is 0 Å². The van der Waals surface area contributed by atoms with Gasteiger partial charge in [0.05, 0.1) is 25.1 Å². The zero-order valence-electron chi connectivity index (χ0n) is 12.2. The first-order valence-electron chi connectivity index (χ1n) is 7.30. The fourth-order valence-electron chi connectivity index (χ4n) is 2.96. The van der Waals surface area contributed by atoms with E-state index in [1.807, 2.05) is 51.4 Å². The van der Waals surface area contributed by atoms with E-state index in [-0.39, 0.29) is 11.9 Å². The summed E-state index contributed by atoms with van der Waals surface area (Å²) in [6.07, 6.45) is 3.60. The first-order chi connectivity index (χ1) is 11.2. The molecule has 4 rings (SSSR count). The molecule has 116 valence electrons. The van der Waals surface area contributed by atoms with Gasteiger partial charge in [0.2, 0.25) is 0 Å². The number of halogens is 1. The van der Waals surface area contributed by atoms with Crippen molar-refractivity contribution in [3.63, 3.8) is 0 Å². The number of carbonyl (C=O) groups excluding carboxylic acids is 1. The summed E-state index contributed by atoms with van der Waals surface area (Å²) in [5.41, 5.74) is 2.03. The maximum Gasteiger partial charge on any atom is 0.251 e. The average Bonchev–Trinajstić information content (AvgIpc) is 3.19. The van der Waals surface area contributed by atoms with Gasteiger partial charge in [-0.3, -0.25) is 4.79 Å². The number of nitrogens with zero attached hydrogens (tertiary/aromatic N) is 3. The van der Waals surface area contributed by atoms with E-state index in [4.69, 9.17) is 0 Å². The Bertz CT molecular complexity index is 843. The maximum absolute atomic E-state index is 13.1. The Morgan fingerprint density at radius 3 is 3.00 bits per heavy atom.